The molecule has 1 saturated heterocycles. The van der Waals surface area contributed by atoms with Crippen molar-refractivity contribution >= 4 is 9.24 Å². The molecule has 11 heavy (non-hydrogen) atoms. The molecule has 3 heteroatoms. The van der Waals surface area contributed by atoms with Crippen LogP contribution < -0.4 is 0 Å². The van der Waals surface area contributed by atoms with E-state index < -0.39 is 0 Å². The van der Waals surface area contributed by atoms with Gasteiger partial charge in [0.25, 0.3) is 0 Å². The third kappa shape index (κ3) is 1.93. The van der Waals surface area contributed by atoms with E-state index in [1.807, 2.05) is 0 Å². The zero-order valence-corrected chi connectivity index (χ0v) is 8.79. The molecule has 3 atom stereocenters. The Kier molecular flexibility index (Phi) is 2.90. The van der Waals surface area contributed by atoms with Crippen molar-refractivity contribution in [1.82, 2.24) is 4.90 Å². The van der Waals surface area contributed by atoms with Crippen molar-refractivity contribution in [2.45, 2.75) is 31.1 Å². The van der Waals surface area contributed by atoms with E-state index in [0.29, 0.717) is 6.04 Å². The molecule has 0 aromatic carbocycles. The summed E-state index contributed by atoms with van der Waals surface area (Å²) in [4.78, 5) is 2.37. The summed E-state index contributed by atoms with van der Waals surface area (Å²) in [6.07, 6.45) is 2.55. The van der Waals surface area contributed by atoms with Gasteiger partial charge in [-0.1, -0.05) is 0 Å². The number of hydrogen-bond acceptors (Lipinski definition) is 2. The highest BCUT2D eigenvalue weighted by Crippen LogP contribution is 2.32. The van der Waals surface area contributed by atoms with Crippen LogP contribution in [0, 0.1) is 0 Å². The molecule has 0 amide bonds. The lowest BCUT2D eigenvalue weighted by molar-refractivity contribution is 0.0234. The van der Waals surface area contributed by atoms with Gasteiger partial charge in [0.1, 0.15) is 0 Å². The molecule has 0 aliphatic carbocycles. The van der Waals surface area contributed by atoms with Crippen LogP contribution >= 0.6 is 9.24 Å². The first-order valence-corrected chi connectivity index (χ1v) is 4.70. The highest BCUT2D eigenvalue weighted by Gasteiger charge is 2.35. The Hall–Kier alpha value is 0.350. The second kappa shape index (κ2) is 3.38. The van der Waals surface area contributed by atoms with E-state index >= 15 is 0 Å². The number of likely N-dealkylation sites (tertiary alicyclic amines) is 1. The summed E-state index contributed by atoms with van der Waals surface area (Å²) < 4.78 is 5.41. The predicted octanol–water partition coefficient (Wildman–Crippen LogP) is 1.32. The van der Waals surface area contributed by atoms with Crippen molar-refractivity contribution in [3.05, 3.63) is 0 Å². The van der Waals surface area contributed by atoms with Crippen LogP contribution in [0.3, 0.4) is 0 Å². The minimum absolute atomic E-state index is 0.0642. The maximum absolute atomic E-state index is 5.41. The zero-order valence-electron chi connectivity index (χ0n) is 7.63. The molecule has 1 rings (SSSR count). The standard InChI is InChI=1S/C8H18NOP/c1-8(11,10-3)7-5-4-6-9(7)2/h7H,4-6,11H2,1-3H3/t7-,8+/m0/s1. The smallest absolute Gasteiger partial charge is 0.0934 e. The first-order valence-electron chi connectivity index (χ1n) is 4.12. The lowest BCUT2D eigenvalue weighted by Crippen LogP contribution is -2.42. The molecule has 0 bridgehead atoms. The van der Waals surface area contributed by atoms with Gasteiger partial charge in [0.05, 0.1) is 5.34 Å². The minimum atomic E-state index is -0.0642. The molecule has 1 aliphatic rings. The van der Waals surface area contributed by atoms with Crippen molar-refractivity contribution in [2.24, 2.45) is 0 Å². The Bertz CT molecular complexity index is 138. The SMILES string of the molecule is CO[C@](C)(P)[C@@H]1CCCN1C. The van der Waals surface area contributed by atoms with E-state index in [0.717, 1.165) is 0 Å². The number of likely N-dealkylation sites (N-methyl/N-ethyl adjacent to an activating group) is 1. The maximum Gasteiger partial charge on any atom is 0.0934 e. The van der Waals surface area contributed by atoms with E-state index in [2.05, 4.69) is 28.1 Å². The van der Waals surface area contributed by atoms with Gasteiger partial charge in [-0.2, -0.15) is 0 Å². The molecular formula is C8H18NOP. The van der Waals surface area contributed by atoms with Crippen molar-refractivity contribution < 1.29 is 4.74 Å². The molecule has 0 radical (unpaired) electrons. The van der Waals surface area contributed by atoms with Crippen LogP contribution in [0.4, 0.5) is 0 Å². The molecule has 1 unspecified atom stereocenters. The Balaban J connectivity index is 2.58. The first kappa shape index (κ1) is 9.44. The Morgan fingerprint density at radius 2 is 2.27 bits per heavy atom. The number of nitrogens with zero attached hydrogens (tertiary/aromatic N) is 1. The highest BCUT2D eigenvalue weighted by molar-refractivity contribution is 7.18. The molecule has 0 spiro atoms. The van der Waals surface area contributed by atoms with Gasteiger partial charge in [-0.3, -0.25) is 0 Å². The average Bonchev–Trinajstić information content (AvgIpc) is 2.36. The summed E-state index contributed by atoms with van der Waals surface area (Å²) in [6, 6.07) is 0.567. The van der Waals surface area contributed by atoms with Gasteiger partial charge in [0.2, 0.25) is 0 Å². The Morgan fingerprint density at radius 1 is 1.64 bits per heavy atom. The molecule has 1 heterocycles. The molecule has 2 nitrogen and oxygen atoms in total. The fourth-order valence-corrected chi connectivity index (χ4v) is 2.19. The predicted molar refractivity (Wildman–Crippen MR) is 50.8 cm³/mol. The summed E-state index contributed by atoms with van der Waals surface area (Å²) in [5, 5.41) is -0.0642. The third-order valence-corrected chi connectivity index (χ3v) is 3.24. The van der Waals surface area contributed by atoms with Crippen LogP contribution in [-0.2, 0) is 4.74 Å². The molecule has 66 valence electrons. The molecule has 0 saturated carbocycles. The van der Waals surface area contributed by atoms with E-state index in [1.54, 1.807) is 7.11 Å². The van der Waals surface area contributed by atoms with Crippen molar-refractivity contribution in [2.75, 3.05) is 20.7 Å². The average molecular weight is 175 g/mol. The van der Waals surface area contributed by atoms with Gasteiger partial charge in [0, 0.05) is 13.2 Å². The van der Waals surface area contributed by atoms with Gasteiger partial charge in [-0.25, -0.2) is 0 Å². The van der Waals surface area contributed by atoms with E-state index in [1.165, 1.54) is 19.4 Å². The Morgan fingerprint density at radius 3 is 2.64 bits per heavy atom. The van der Waals surface area contributed by atoms with Crippen LogP contribution in [0.25, 0.3) is 0 Å². The summed E-state index contributed by atoms with van der Waals surface area (Å²) in [6.45, 7) is 3.34. The van der Waals surface area contributed by atoms with E-state index in [9.17, 15) is 0 Å². The van der Waals surface area contributed by atoms with Gasteiger partial charge < -0.3 is 9.64 Å². The van der Waals surface area contributed by atoms with Gasteiger partial charge in [-0.15, -0.1) is 9.24 Å². The van der Waals surface area contributed by atoms with Crippen LogP contribution in [0.2, 0.25) is 0 Å². The second-order valence-corrected chi connectivity index (χ2v) is 4.67. The summed E-state index contributed by atoms with van der Waals surface area (Å²) in [5.41, 5.74) is 0. The lowest BCUT2D eigenvalue weighted by Gasteiger charge is -2.34. The van der Waals surface area contributed by atoms with E-state index in [4.69, 9.17) is 4.74 Å². The summed E-state index contributed by atoms with van der Waals surface area (Å²) in [5.74, 6) is 0. The largest absolute Gasteiger partial charge is 0.373 e. The van der Waals surface area contributed by atoms with E-state index in [-0.39, 0.29) is 5.34 Å². The molecule has 0 aromatic heterocycles. The summed E-state index contributed by atoms with van der Waals surface area (Å²) >= 11 is 0. The number of ether oxygens (including phenoxy) is 1. The topological polar surface area (TPSA) is 12.5 Å². The number of methoxy groups -OCH3 is 1. The first-order chi connectivity index (χ1) is 5.08. The fourth-order valence-electron chi connectivity index (χ4n) is 1.77. The van der Waals surface area contributed by atoms with Gasteiger partial charge >= 0.3 is 0 Å². The number of rotatable bonds is 2. The van der Waals surface area contributed by atoms with Crippen LogP contribution in [0.5, 0.6) is 0 Å². The number of hydrogen-bond donors (Lipinski definition) is 0. The lowest BCUT2D eigenvalue weighted by atomic mass is 10.1. The molecular weight excluding hydrogens is 157 g/mol. The monoisotopic (exact) mass is 175 g/mol. The van der Waals surface area contributed by atoms with Crippen LogP contribution in [-0.4, -0.2) is 37.0 Å². The Labute approximate surface area is 71.5 Å². The third-order valence-electron chi connectivity index (χ3n) is 2.62. The fraction of sp³-hybridized carbons (Fsp3) is 1.00. The highest BCUT2D eigenvalue weighted by atomic mass is 31.0. The van der Waals surface area contributed by atoms with Crippen molar-refractivity contribution in [3.8, 4) is 0 Å². The molecule has 1 aliphatic heterocycles. The normalized spacial score (nSPS) is 32.2. The summed E-state index contributed by atoms with van der Waals surface area (Å²) in [7, 11) is 6.74. The minimum Gasteiger partial charge on any atom is -0.373 e. The van der Waals surface area contributed by atoms with Crippen LogP contribution in [0.1, 0.15) is 19.8 Å². The van der Waals surface area contributed by atoms with Gasteiger partial charge in [-0.05, 0) is 33.4 Å². The molecule has 1 fully saturated rings. The molecule has 0 aromatic rings. The van der Waals surface area contributed by atoms with Crippen LogP contribution in [0.15, 0.2) is 0 Å². The maximum atomic E-state index is 5.41. The van der Waals surface area contributed by atoms with Crippen molar-refractivity contribution in [1.29, 1.82) is 0 Å². The van der Waals surface area contributed by atoms with Crippen molar-refractivity contribution in [3.63, 3.8) is 0 Å². The quantitative estimate of drug-likeness (QED) is 0.587. The van der Waals surface area contributed by atoms with Gasteiger partial charge in [0.15, 0.2) is 0 Å². The zero-order chi connectivity index (χ0) is 8.48. The second-order valence-electron chi connectivity index (χ2n) is 3.53. The molecule has 0 N–H and O–H groups in total.